The number of nitrogens with zero attached hydrogens (tertiary/aromatic N) is 2. The Bertz CT molecular complexity index is 888. The summed E-state index contributed by atoms with van der Waals surface area (Å²) in [6.07, 6.45) is 0.590. The van der Waals surface area contributed by atoms with Crippen LogP contribution in [-0.2, 0) is 19.1 Å². The third-order valence-corrected chi connectivity index (χ3v) is 5.21. The number of nitrogens with one attached hydrogen (secondary N) is 1. The molecular formula is C20H27N3O5S. The molecule has 2 aromatic rings. The van der Waals surface area contributed by atoms with Gasteiger partial charge in [-0.25, -0.2) is 14.6 Å². The van der Waals surface area contributed by atoms with E-state index in [9.17, 15) is 19.5 Å². The summed E-state index contributed by atoms with van der Waals surface area (Å²) in [5.74, 6) is -1.97. The summed E-state index contributed by atoms with van der Waals surface area (Å²) in [7, 11) is 0. The normalized spacial score (nSPS) is 12.6. The summed E-state index contributed by atoms with van der Waals surface area (Å²) in [5.41, 5.74) is 0.993. The Labute approximate surface area is 174 Å². The van der Waals surface area contributed by atoms with Gasteiger partial charge < -0.3 is 19.7 Å². The average molecular weight is 422 g/mol. The van der Waals surface area contributed by atoms with Crippen LogP contribution in [0, 0.1) is 5.41 Å². The van der Waals surface area contributed by atoms with Crippen molar-refractivity contribution in [1.82, 2.24) is 14.9 Å². The molecule has 1 aromatic carbocycles. The number of esters is 1. The van der Waals surface area contributed by atoms with Gasteiger partial charge in [0, 0.05) is 12.3 Å². The van der Waals surface area contributed by atoms with Gasteiger partial charge in [0.15, 0.2) is 5.16 Å². The maximum atomic E-state index is 12.1. The van der Waals surface area contributed by atoms with Gasteiger partial charge in [0.05, 0.1) is 17.6 Å². The molecule has 0 saturated carbocycles. The van der Waals surface area contributed by atoms with E-state index in [1.54, 1.807) is 11.5 Å². The highest BCUT2D eigenvalue weighted by molar-refractivity contribution is 7.99. The molecule has 0 aliphatic rings. The van der Waals surface area contributed by atoms with Gasteiger partial charge in [0.1, 0.15) is 6.04 Å². The summed E-state index contributed by atoms with van der Waals surface area (Å²) in [5, 5.41) is 13.0. The third kappa shape index (κ3) is 5.72. The number of amides is 1. The van der Waals surface area contributed by atoms with Crippen LogP contribution in [0.15, 0.2) is 29.4 Å². The first-order valence-electron chi connectivity index (χ1n) is 9.44. The van der Waals surface area contributed by atoms with Gasteiger partial charge in [-0.05, 0) is 30.9 Å². The number of hydrogen-bond donors (Lipinski definition) is 2. The Hall–Kier alpha value is -2.55. The van der Waals surface area contributed by atoms with Crippen LogP contribution in [0.25, 0.3) is 11.0 Å². The molecular weight excluding hydrogens is 394 g/mol. The second kappa shape index (κ2) is 9.78. The average Bonchev–Trinajstić information content (AvgIpc) is 2.98. The van der Waals surface area contributed by atoms with E-state index in [1.807, 2.05) is 45.0 Å². The number of aromatic nitrogens is 2. The number of fused-ring (bicyclic) bond motifs is 1. The summed E-state index contributed by atoms with van der Waals surface area (Å²) >= 11 is 1.43. The second-order valence-electron chi connectivity index (χ2n) is 7.54. The van der Waals surface area contributed by atoms with Gasteiger partial charge in [0.25, 0.3) is 0 Å². The van der Waals surface area contributed by atoms with Crippen molar-refractivity contribution in [2.75, 3.05) is 18.9 Å². The van der Waals surface area contributed by atoms with Crippen LogP contribution >= 0.6 is 11.8 Å². The number of carboxylic acid groups (broad SMARTS) is 1. The minimum absolute atomic E-state index is 0.150. The fourth-order valence-corrected chi connectivity index (χ4v) is 3.93. The molecule has 1 amide bonds. The van der Waals surface area contributed by atoms with Crippen molar-refractivity contribution in [1.29, 1.82) is 0 Å². The van der Waals surface area contributed by atoms with Crippen LogP contribution in [0.1, 0.15) is 40.2 Å². The maximum Gasteiger partial charge on any atom is 0.396 e. The topological polar surface area (TPSA) is 111 Å². The van der Waals surface area contributed by atoms with Crippen LogP contribution in [0.2, 0.25) is 0 Å². The number of imidazole rings is 1. The lowest BCUT2D eigenvalue weighted by Gasteiger charge is -2.29. The van der Waals surface area contributed by atoms with Gasteiger partial charge in [0.2, 0.25) is 0 Å². The number of carbonyl (C=O) groups excluding carboxylic acids is 2. The van der Waals surface area contributed by atoms with Crippen molar-refractivity contribution in [3.05, 3.63) is 24.3 Å². The standard InChI is InChI=1S/C20H27N3O5S/c1-5-28-18(27)16(24)21-11-8-12-29-19-22-13-9-6-7-10-14(13)23(19)15(17(25)26)20(2,3)4/h6-7,9-10,15H,5,8,11-12H2,1-4H3,(H,21,24)(H,25,26). The van der Waals surface area contributed by atoms with Crippen LogP contribution in [-0.4, -0.2) is 51.4 Å². The number of aliphatic carboxylic acids is 1. The minimum atomic E-state index is -0.913. The van der Waals surface area contributed by atoms with Crippen LogP contribution in [0.3, 0.4) is 0 Å². The molecule has 1 aromatic heterocycles. The SMILES string of the molecule is CCOC(=O)C(=O)NCCCSc1nc2ccccc2n1C(C(=O)O)C(C)(C)C. The smallest absolute Gasteiger partial charge is 0.396 e. The number of carbonyl (C=O) groups is 3. The quantitative estimate of drug-likeness (QED) is 0.292. The van der Waals surface area contributed by atoms with Crippen LogP contribution < -0.4 is 5.32 Å². The van der Waals surface area contributed by atoms with E-state index in [-0.39, 0.29) is 6.61 Å². The number of para-hydroxylation sites is 2. The molecule has 0 aliphatic heterocycles. The molecule has 29 heavy (non-hydrogen) atoms. The molecule has 9 heteroatoms. The monoisotopic (exact) mass is 421 g/mol. The first-order valence-corrected chi connectivity index (χ1v) is 10.4. The number of benzene rings is 1. The first kappa shape index (κ1) is 22.7. The summed E-state index contributed by atoms with van der Waals surface area (Å²) < 4.78 is 6.41. The van der Waals surface area contributed by atoms with Crippen molar-refractivity contribution >= 4 is 40.6 Å². The van der Waals surface area contributed by atoms with E-state index in [0.717, 1.165) is 11.0 Å². The Morgan fingerprint density at radius 3 is 2.59 bits per heavy atom. The molecule has 0 spiro atoms. The van der Waals surface area contributed by atoms with E-state index >= 15 is 0 Å². The summed E-state index contributed by atoms with van der Waals surface area (Å²) in [6, 6.07) is 6.68. The van der Waals surface area contributed by atoms with E-state index in [0.29, 0.717) is 23.9 Å². The van der Waals surface area contributed by atoms with Crippen LogP contribution in [0.4, 0.5) is 0 Å². The van der Waals surface area contributed by atoms with E-state index < -0.39 is 29.3 Å². The largest absolute Gasteiger partial charge is 0.480 e. The van der Waals surface area contributed by atoms with Crippen LogP contribution in [0.5, 0.6) is 0 Å². The van der Waals surface area contributed by atoms with Gasteiger partial charge >= 0.3 is 17.8 Å². The van der Waals surface area contributed by atoms with Gasteiger partial charge in [-0.1, -0.05) is 44.7 Å². The lowest BCUT2D eigenvalue weighted by Crippen LogP contribution is -2.33. The molecule has 1 unspecified atom stereocenters. The number of carboxylic acids is 1. The molecule has 0 aliphatic carbocycles. The minimum Gasteiger partial charge on any atom is -0.480 e. The number of ether oxygens (including phenoxy) is 1. The summed E-state index contributed by atoms with van der Waals surface area (Å²) in [6.45, 7) is 7.76. The zero-order valence-corrected chi connectivity index (χ0v) is 17.9. The molecule has 2 N–H and O–H groups in total. The lowest BCUT2D eigenvalue weighted by atomic mass is 9.86. The van der Waals surface area contributed by atoms with Crippen molar-refractivity contribution in [2.24, 2.45) is 5.41 Å². The fraction of sp³-hybridized carbons (Fsp3) is 0.500. The highest BCUT2D eigenvalue weighted by Crippen LogP contribution is 2.37. The molecule has 1 heterocycles. The molecule has 1 atom stereocenters. The zero-order valence-electron chi connectivity index (χ0n) is 17.1. The van der Waals surface area contributed by atoms with Gasteiger partial charge in [-0.15, -0.1) is 0 Å². The fourth-order valence-electron chi connectivity index (χ4n) is 2.95. The Morgan fingerprint density at radius 1 is 1.28 bits per heavy atom. The van der Waals surface area contributed by atoms with Crippen molar-refractivity contribution < 1.29 is 24.2 Å². The third-order valence-electron chi connectivity index (χ3n) is 4.17. The number of thioether (sulfide) groups is 1. The Kier molecular flexibility index (Phi) is 7.66. The maximum absolute atomic E-state index is 12.1. The highest BCUT2D eigenvalue weighted by atomic mass is 32.2. The Morgan fingerprint density at radius 2 is 1.97 bits per heavy atom. The number of rotatable bonds is 8. The van der Waals surface area contributed by atoms with E-state index in [1.165, 1.54) is 11.8 Å². The highest BCUT2D eigenvalue weighted by Gasteiger charge is 2.35. The van der Waals surface area contributed by atoms with Crippen molar-refractivity contribution in [3.8, 4) is 0 Å². The predicted molar refractivity (Wildman–Crippen MR) is 111 cm³/mol. The Balaban J connectivity index is 2.12. The van der Waals surface area contributed by atoms with E-state index in [4.69, 9.17) is 0 Å². The predicted octanol–water partition coefficient (Wildman–Crippen LogP) is 2.87. The lowest BCUT2D eigenvalue weighted by molar-refractivity contribution is -0.154. The zero-order chi connectivity index (χ0) is 21.6. The summed E-state index contributed by atoms with van der Waals surface area (Å²) in [4.78, 5) is 39.5. The van der Waals surface area contributed by atoms with Crippen molar-refractivity contribution in [3.63, 3.8) is 0 Å². The number of hydrogen-bond acceptors (Lipinski definition) is 6. The molecule has 0 saturated heterocycles. The molecule has 2 rings (SSSR count). The second-order valence-corrected chi connectivity index (χ2v) is 8.60. The molecule has 0 bridgehead atoms. The molecule has 0 radical (unpaired) electrons. The van der Waals surface area contributed by atoms with E-state index in [2.05, 4.69) is 15.0 Å². The molecule has 0 fully saturated rings. The first-order chi connectivity index (χ1) is 13.7. The molecule has 158 valence electrons. The van der Waals surface area contributed by atoms with Crippen molar-refractivity contribution in [2.45, 2.75) is 45.3 Å². The van der Waals surface area contributed by atoms with Gasteiger partial charge in [-0.2, -0.15) is 0 Å². The van der Waals surface area contributed by atoms with Gasteiger partial charge in [-0.3, -0.25) is 4.79 Å². The molecule has 8 nitrogen and oxygen atoms in total.